The summed E-state index contributed by atoms with van der Waals surface area (Å²) in [5.41, 5.74) is 8.33. The maximum atomic E-state index is 10.8. The van der Waals surface area contributed by atoms with Crippen molar-refractivity contribution in [3.8, 4) is 0 Å². The molecule has 0 aromatic carbocycles. The Morgan fingerprint density at radius 2 is 2.47 bits per heavy atom. The van der Waals surface area contributed by atoms with Crippen molar-refractivity contribution in [2.24, 2.45) is 5.73 Å². The third kappa shape index (κ3) is 3.48. The first-order valence-corrected chi connectivity index (χ1v) is 6.36. The first-order chi connectivity index (χ1) is 6.93. The molecule has 0 aliphatic heterocycles. The largest absolute Gasteiger partial charge is 0.480 e. The highest BCUT2D eigenvalue weighted by molar-refractivity contribution is 7.99. The van der Waals surface area contributed by atoms with Crippen molar-refractivity contribution in [3.63, 3.8) is 0 Å². The van der Waals surface area contributed by atoms with Crippen molar-refractivity contribution in [2.45, 2.75) is 30.4 Å². The Hall–Kier alpha value is -0.590. The van der Waals surface area contributed by atoms with Gasteiger partial charge in [-0.2, -0.15) is 0 Å². The fourth-order valence-electron chi connectivity index (χ4n) is 0.956. The molecule has 0 aliphatic carbocycles. The zero-order valence-corrected chi connectivity index (χ0v) is 10.3. The summed E-state index contributed by atoms with van der Waals surface area (Å²) in [6.07, 6.45) is 0. The molecule has 84 valence electrons. The molecule has 1 aromatic rings. The van der Waals surface area contributed by atoms with Crippen molar-refractivity contribution in [3.05, 3.63) is 16.6 Å². The molecule has 0 aliphatic rings. The number of carboxylic acid groups (broad SMARTS) is 1. The molecule has 1 rings (SSSR count). The molecule has 6 heteroatoms. The zero-order valence-electron chi connectivity index (χ0n) is 8.64. The summed E-state index contributed by atoms with van der Waals surface area (Å²) in [6, 6.07) is -0.860. The van der Waals surface area contributed by atoms with Crippen LogP contribution in [0.15, 0.2) is 10.9 Å². The van der Waals surface area contributed by atoms with E-state index in [9.17, 15) is 4.79 Å². The predicted octanol–water partition coefficient (Wildman–Crippen LogP) is 1.57. The highest BCUT2D eigenvalue weighted by Gasteiger charge is 2.32. The summed E-state index contributed by atoms with van der Waals surface area (Å²) >= 11 is 3.04. The minimum absolute atomic E-state index is 0.491. The first kappa shape index (κ1) is 12.5. The number of carbonyl (C=O) groups is 1. The van der Waals surface area contributed by atoms with Gasteiger partial charge in [0.1, 0.15) is 6.04 Å². The van der Waals surface area contributed by atoms with Gasteiger partial charge in [0, 0.05) is 15.9 Å². The van der Waals surface area contributed by atoms with Gasteiger partial charge in [0.2, 0.25) is 0 Å². The summed E-state index contributed by atoms with van der Waals surface area (Å²) in [4.78, 5) is 14.9. The lowest BCUT2D eigenvalue weighted by Gasteiger charge is -2.27. The number of aromatic nitrogens is 1. The van der Waals surface area contributed by atoms with Gasteiger partial charge in [0.05, 0.1) is 11.2 Å². The van der Waals surface area contributed by atoms with Crippen LogP contribution in [0.1, 0.15) is 19.5 Å². The van der Waals surface area contributed by atoms with Crippen LogP contribution in [0.4, 0.5) is 0 Å². The lowest BCUT2D eigenvalue weighted by Crippen LogP contribution is -2.46. The number of aliphatic carboxylic acids is 1. The Kier molecular flexibility index (Phi) is 4.12. The third-order valence-electron chi connectivity index (χ3n) is 2.09. The average Bonchev–Trinajstić information content (AvgIpc) is 2.66. The van der Waals surface area contributed by atoms with E-state index in [-0.39, 0.29) is 0 Å². The number of nitrogens with zero attached hydrogens (tertiary/aromatic N) is 1. The van der Waals surface area contributed by atoms with E-state index < -0.39 is 16.8 Å². The van der Waals surface area contributed by atoms with Gasteiger partial charge >= 0.3 is 5.97 Å². The van der Waals surface area contributed by atoms with E-state index in [1.54, 1.807) is 5.51 Å². The molecule has 15 heavy (non-hydrogen) atoms. The predicted molar refractivity (Wildman–Crippen MR) is 63.1 cm³/mol. The molecule has 1 aromatic heterocycles. The molecule has 0 spiro atoms. The Labute approximate surface area is 96.9 Å². The molecule has 1 heterocycles. The van der Waals surface area contributed by atoms with E-state index in [0.717, 1.165) is 5.69 Å². The number of hydrogen-bond acceptors (Lipinski definition) is 5. The van der Waals surface area contributed by atoms with Crippen LogP contribution in [0, 0.1) is 0 Å². The monoisotopic (exact) mass is 246 g/mol. The van der Waals surface area contributed by atoms with Crippen molar-refractivity contribution < 1.29 is 9.90 Å². The smallest absolute Gasteiger partial charge is 0.321 e. The van der Waals surface area contributed by atoms with Gasteiger partial charge in [-0.05, 0) is 13.8 Å². The van der Waals surface area contributed by atoms with Gasteiger partial charge in [-0.15, -0.1) is 23.1 Å². The van der Waals surface area contributed by atoms with Crippen LogP contribution in [-0.4, -0.2) is 26.8 Å². The molecule has 0 fully saturated rings. The number of nitrogens with two attached hydrogens (primary N) is 1. The molecular weight excluding hydrogens is 232 g/mol. The van der Waals surface area contributed by atoms with E-state index in [2.05, 4.69) is 4.98 Å². The molecule has 0 saturated heterocycles. The van der Waals surface area contributed by atoms with Crippen LogP contribution >= 0.6 is 23.1 Å². The third-order valence-corrected chi connectivity index (χ3v) is 4.16. The van der Waals surface area contributed by atoms with Crippen LogP contribution < -0.4 is 5.73 Å². The topological polar surface area (TPSA) is 76.2 Å². The van der Waals surface area contributed by atoms with Crippen molar-refractivity contribution in [1.29, 1.82) is 0 Å². The maximum Gasteiger partial charge on any atom is 0.321 e. The molecule has 1 atom stereocenters. The Morgan fingerprint density at radius 3 is 2.93 bits per heavy atom. The van der Waals surface area contributed by atoms with E-state index in [4.69, 9.17) is 10.8 Å². The van der Waals surface area contributed by atoms with Crippen LogP contribution in [0.2, 0.25) is 0 Å². The molecule has 0 radical (unpaired) electrons. The molecule has 4 nitrogen and oxygen atoms in total. The number of rotatable bonds is 5. The fourth-order valence-corrected chi connectivity index (χ4v) is 2.58. The van der Waals surface area contributed by atoms with Crippen LogP contribution in [-0.2, 0) is 10.5 Å². The number of thiazole rings is 1. The van der Waals surface area contributed by atoms with Crippen LogP contribution in [0.3, 0.4) is 0 Å². The molecular formula is C9H14N2O2S2. The van der Waals surface area contributed by atoms with Crippen molar-refractivity contribution >= 4 is 29.1 Å². The van der Waals surface area contributed by atoms with Crippen molar-refractivity contribution in [1.82, 2.24) is 4.98 Å². The highest BCUT2D eigenvalue weighted by atomic mass is 32.2. The van der Waals surface area contributed by atoms with Gasteiger partial charge in [0.25, 0.3) is 0 Å². The number of thioether (sulfide) groups is 1. The second kappa shape index (κ2) is 4.96. The number of carboxylic acids is 1. The minimum Gasteiger partial charge on any atom is -0.480 e. The van der Waals surface area contributed by atoms with Gasteiger partial charge in [0.15, 0.2) is 0 Å². The molecule has 0 saturated carbocycles. The second-order valence-corrected chi connectivity index (χ2v) is 6.04. The summed E-state index contributed by atoms with van der Waals surface area (Å²) in [7, 11) is 0. The van der Waals surface area contributed by atoms with Crippen LogP contribution in [0.25, 0.3) is 0 Å². The van der Waals surface area contributed by atoms with E-state index in [1.165, 1.54) is 23.1 Å². The Bertz CT molecular complexity index is 325. The Morgan fingerprint density at radius 1 is 1.80 bits per heavy atom. The minimum atomic E-state index is -0.967. The normalized spacial score (nSPS) is 13.8. The van der Waals surface area contributed by atoms with Crippen molar-refractivity contribution in [2.75, 3.05) is 0 Å². The summed E-state index contributed by atoms with van der Waals surface area (Å²) in [5, 5.41) is 10.8. The lowest BCUT2D eigenvalue weighted by molar-refractivity contribution is -0.139. The second-order valence-electron chi connectivity index (χ2n) is 3.69. The van der Waals surface area contributed by atoms with Gasteiger partial charge in [-0.25, -0.2) is 4.98 Å². The highest BCUT2D eigenvalue weighted by Crippen LogP contribution is 2.30. The van der Waals surface area contributed by atoms with Gasteiger partial charge in [-0.1, -0.05) is 0 Å². The standard InChI is InChI=1S/C9H14N2O2S2/c1-9(2,7(10)8(12)13)15-4-6-3-14-5-11-6/h3,5,7H,4,10H2,1-2H3,(H,12,13)/t7-/m1/s1. The van der Waals surface area contributed by atoms with E-state index in [0.29, 0.717) is 5.75 Å². The fraction of sp³-hybridized carbons (Fsp3) is 0.556. The lowest BCUT2D eigenvalue weighted by atomic mass is 10.1. The SMILES string of the molecule is CC(C)(SCc1cscn1)[C@H](N)C(=O)O. The van der Waals surface area contributed by atoms with E-state index in [1.807, 2.05) is 19.2 Å². The average molecular weight is 246 g/mol. The van der Waals surface area contributed by atoms with Gasteiger partial charge in [-0.3, -0.25) is 4.79 Å². The summed E-state index contributed by atoms with van der Waals surface area (Å²) in [5.74, 6) is -0.275. The molecule has 0 bridgehead atoms. The zero-order chi connectivity index (χ0) is 11.5. The van der Waals surface area contributed by atoms with Gasteiger partial charge < -0.3 is 10.8 Å². The molecule has 3 N–H and O–H groups in total. The maximum absolute atomic E-state index is 10.8. The Balaban J connectivity index is 2.53. The first-order valence-electron chi connectivity index (χ1n) is 4.43. The number of hydrogen-bond donors (Lipinski definition) is 2. The molecule has 0 amide bonds. The van der Waals surface area contributed by atoms with Crippen LogP contribution in [0.5, 0.6) is 0 Å². The summed E-state index contributed by atoms with van der Waals surface area (Å²) in [6.45, 7) is 3.67. The quantitative estimate of drug-likeness (QED) is 0.824. The van der Waals surface area contributed by atoms with E-state index >= 15 is 0 Å². The molecule has 0 unspecified atom stereocenters. The summed E-state index contributed by atoms with van der Waals surface area (Å²) < 4.78 is -0.491.